The van der Waals surface area contributed by atoms with Crippen LogP contribution in [0, 0.1) is 6.92 Å². The van der Waals surface area contributed by atoms with Crippen molar-refractivity contribution < 1.29 is 4.79 Å². The smallest absolute Gasteiger partial charge is 0.251 e. The molecule has 0 aliphatic rings. The molecule has 5 nitrogen and oxygen atoms in total. The highest BCUT2D eigenvalue weighted by atomic mass is 16.2. The first-order valence-electron chi connectivity index (χ1n) is 9.49. The number of rotatable bonds is 5. The lowest BCUT2D eigenvalue weighted by atomic mass is 9.93. The van der Waals surface area contributed by atoms with Crippen LogP contribution in [-0.4, -0.2) is 15.9 Å². The second kappa shape index (κ2) is 8.10. The molecule has 1 atom stereocenters. The van der Waals surface area contributed by atoms with Crippen molar-refractivity contribution >= 4 is 22.5 Å². The summed E-state index contributed by atoms with van der Waals surface area (Å²) >= 11 is 0. The van der Waals surface area contributed by atoms with Gasteiger partial charge in [-0.1, -0.05) is 42.5 Å². The zero-order chi connectivity index (χ0) is 20.2. The summed E-state index contributed by atoms with van der Waals surface area (Å²) in [5, 5.41) is 3.92. The maximum absolute atomic E-state index is 13.2. The molecule has 0 saturated carbocycles. The van der Waals surface area contributed by atoms with Gasteiger partial charge < -0.3 is 10.3 Å². The van der Waals surface area contributed by atoms with E-state index in [2.05, 4.69) is 15.3 Å². The van der Waals surface area contributed by atoms with Gasteiger partial charge in [-0.05, 0) is 48.2 Å². The third-order valence-corrected chi connectivity index (χ3v) is 4.96. The summed E-state index contributed by atoms with van der Waals surface area (Å²) in [5.74, 6) is -0.491. The van der Waals surface area contributed by atoms with E-state index in [9.17, 15) is 9.59 Å². The van der Waals surface area contributed by atoms with Gasteiger partial charge in [-0.3, -0.25) is 14.6 Å². The van der Waals surface area contributed by atoms with Crippen LogP contribution in [0.5, 0.6) is 0 Å². The predicted octanol–water partition coefficient (Wildman–Crippen LogP) is 4.20. The highest BCUT2D eigenvalue weighted by Crippen LogP contribution is 2.24. The molecule has 0 fully saturated rings. The van der Waals surface area contributed by atoms with Gasteiger partial charge in [-0.25, -0.2) is 0 Å². The fraction of sp³-hybridized carbons (Fsp3) is 0.125. The summed E-state index contributed by atoms with van der Waals surface area (Å²) in [5.41, 5.74) is 3.66. The Morgan fingerprint density at radius 1 is 1.03 bits per heavy atom. The van der Waals surface area contributed by atoms with Crippen LogP contribution in [-0.2, 0) is 11.2 Å². The number of anilines is 1. The van der Waals surface area contributed by atoms with Crippen LogP contribution >= 0.6 is 0 Å². The lowest BCUT2D eigenvalue weighted by molar-refractivity contribution is -0.117. The maximum Gasteiger partial charge on any atom is 0.251 e. The van der Waals surface area contributed by atoms with Crippen molar-refractivity contribution in [2.24, 2.45) is 0 Å². The molecule has 2 N–H and O–H groups in total. The Labute approximate surface area is 168 Å². The molecule has 2 aromatic carbocycles. The van der Waals surface area contributed by atoms with Gasteiger partial charge in [0.2, 0.25) is 5.91 Å². The summed E-state index contributed by atoms with van der Waals surface area (Å²) in [6.45, 7) is 1.77. The maximum atomic E-state index is 13.2. The molecule has 2 heterocycles. The fourth-order valence-electron chi connectivity index (χ4n) is 3.39. The van der Waals surface area contributed by atoms with Gasteiger partial charge in [0.05, 0.1) is 11.4 Å². The summed E-state index contributed by atoms with van der Waals surface area (Å²) in [4.78, 5) is 32.3. The number of nitrogens with zero attached hydrogens (tertiary/aromatic N) is 1. The van der Waals surface area contributed by atoms with E-state index in [1.54, 1.807) is 19.2 Å². The molecule has 5 heteroatoms. The van der Waals surface area contributed by atoms with Crippen molar-refractivity contribution in [3.05, 3.63) is 106 Å². The van der Waals surface area contributed by atoms with Gasteiger partial charge in [-0.2, -0.15) is 0 Å². The quantitative estimate of drug-likeness (QED) is 0.542. The monoisotopic (exact) mass is 383 g/mol. The molecule has 0 bridgehead atoms. The molecule has 1 unspecified atom stereocenters. The number of H-pyrrole nitrogens is 1. The van der Waals surface area contributed by atoms with Crippen LogP contribution in [0.4, 0.5) is 5.69 Å². The predicted molar refractivity (Wildman–Crippen MR) is 115 cm³/mol. The molecule has 4 rings (SSSR count). The van der Waals surface area contributed by atoms with Crippen LogP contribution in [0.1, 0.15) is 22.7 Å². The Hall–Kier alpha value is -3.73. The number of pyridine rings is 2. The van der Waals surface area contributed by atoms with Gasteiger partial charge in [0, 0.05) is 29.6 Å². The number of hydrogen-bond donors (Lipinski definition) is 2. The van der Waals surface area contributed by atoms with Crippen molar-refractivity contribution in [1.82, 2.24) is 9.97 Å². The van der Waals surface area contributed by atoms with Crippen LogP contribution in [0.2, 0.25) is 0 Å². The Bertz CT molecular complexity index is 1200. The van der Waals surface area contributed by atoms with E-state index in [0.29, 0.717) is 23.2 Å². The number of amides is 1. The third-order valence-electron chi connectivity index (χ3n) is 4.96. The van der Waals surface area contributed by atoms with E-state index in [-0.39, 0.29) is 17.4 Å². The number of aromatic nitrogens is 2. The molecule has 144 valence electrons. The summed E-state index contributed by atoms with van der Waals surface area (Å²) in [6.07, 6.45) is 2.23. The average molecular weight is 383 g/mol. The van der Waals surface area contributed by atoms with Gasteiger partial charge in [-0.15, -0.1) is 0 Å². The molecule has 0 aliphatic carbocycles. The van der Waals surface area contributed by atoms with Gasteiger partial charge in [0.1, 0.15) is 0 Å². The van der Waals surface area contributed by atoms with Crippen LogP contribution < -0.4 is 10.9 Å². The highest BCUT2D eigenvalue weighted by Gasteiger charge is 2.22. The molecule has 29 heavy (non-hydrogen) atoms. The minimum atomic E-state index is -0.376. The van der Waals surface area contributed by atoms with E-state index in [1.807, 2.05) is 66.7 Å². The molecule has 0 spiro atoms. The van der Waals surface area contributed by atoms with Crippen LogP contribution in [0.15, 0.2) is 83.8 Å². The van der Waals surface area contributed by atoms with Crippen molar-refractivity contribution in [3.8, 4) is 0 Å². The second-order valence-electron chi connectivity index (χ2n) is 7.06. The van der Waals surface area contributed by atoms with Gasteiger partial charge in [0.25, 0.3) is 5.56 Å². The van der Waals surface area contributed by atoms with E-state index in [4.69, 9.17) is 0 Å². The van der Waals surface area contributed by atoms with Crippen molar-refractivity contribution in [3.63, 3.8) is 0 Å². The van der Waals surface area contributed by atoms with E-state index < -0.39 is 0 Å². The first-order chi connectivity index (χ1) is 14.1. The molecule has 4 aromatic rings. The highest BCUT2D eigenvalue weighted by molar-refractivity contribution is 5.97. The normalized spacial score (nSPS) is 11.9. The van der Waals surface area contributed by atoms with Gasteiger partial charge in [0.15, 0.2) is 0 Å². The van der Waals surface area contributed by atoms with E-state index in [0.717, 1.165) is 16.6 Å². The van der Waals surface area contributed by atoms with E-state index >= 15 is 0 Å². The molecular weight excluding hydrogens is 362 g/mol. The molecular formula is C24H21N3O2. The summed E-state index contributed by atoms with van der Waals surface area (Å²) in [6, 6.07) is 22.8. The number of aromatic amines is 1. The number of hydrogen-bond acceptors (Lipinski definition) is 3. The zero-order valence-corrected chi connectivity index (χ0v) is 16.1. The Balaban J connectivity index is 1.63. The van der Waals surface area contributed by atoms with Crippen molar-refractivity contribution in [2.75, 3.05) is 5.32 Å². The molecule has 0 saturated heterocycles. The number of fused-ring (bicyclic) bond motifs is 1. The summed E-state index contributed by atoms with van der Waals surface area (Å²) < 4.78 is 0. The number of carbonyl (C=O) groups excluding carboxylic acids is 1. The lowest BCUT2D eigenvalue weighted by Crippen LogP contribution is -2.23. The van der Waals surface area contributed by atoms with Crippen LogP contribution in [0.3, 0.4) is 0 Å². The standard InChI is InChI=1S/C24H21N3O2/c1-16-13-18-10-11-20(15-22(18)27-23(16)28)26-24(29)21(17-7-3-2-4-8-17)14-19-9-5-6-12-25-19/h2-13,15,21H,14H2,1H3,(H,26,29)(H,27,28). The topological polar surface area (TPSA) is 74.8 Å². The van der Waals surface area contributed by atoms with Gasteiger partial charge >= 0.3 is 0 Å². The SMILES string of the molecule is Cc1cc2ccc(NC(=O)C(Cc3ccccn3)c3ccccc3)cc2[nH]c1=O. The first-order valence-corrected chi connectivity index (χ1v) is 9.49. The summed E-state index contributed by atoms with van der Waals surface area (Å²) in [7, 11) is 0. The fourth-order valence-corrected chi connectivity index (χ4v) is 3.39. The number of benzene rings is 2. The lowest BCUT2D eigenvalue weighted by Gasteiger charge is -2.17. The first kappa shape index (κ1) is 18.6. The molecule has 0 aliphatic heterocycles. The molecule has 1 amide bonds. The average Bonchev–Trinajstić information content (AvgIpc) is 2.74. The van der Waals surface area contributed by atoms with E-state index in [1.165, 1.54) is 0 Å². The van der Waals surface area contributed by atoms with Crippen molar-refractivity contribution in [1.29, 1.82) is 0 Å². The largest absolute Gasteiger partial charge is 0.325 e. The Kier molecular flexibility index (Phi) is 5.20. The zero-order valence-electron chi connectivity index (χ0n) is 16.1. The minimum Gasteiger partial charge on any atom is -0.325 e. The number of carbonyl (C=O) groups is 1. The van der Waals surface area contributed by atoms with Crippen LogP contribution in [0.25, 0.3) is 10.9 Å². The number of nitrogens with one attached hydrogen (secondary N) is 2. The molecule has 0 radical (unpaired) electrons. The Morgan fingerprint density at radius 3 is 2.59 bits per heavy atom. The molecule has 2 aromatic heterocycles. The third kappa shape index (κ3) is 4.24. The number of aryl methyl sites for hydroxylation is 1. The Morgan fingerprint density at radius 2 is 1.83 bits per heavy atom. The van der Waals surface area contributed by atoms with Crippen molar-refractivity contribution in [2.45, 2.75) is 19.3 Å². The minimum absolute atomic E-state index is 0.115. The second-order valence-corrected chi connectivity index (χ2v) is 7.06.